The molecule has 0 N–H and O–H groups in total. The first-order chi connectivity index (χ1) is 31.7. The molecule has 300 valence electrons. The largest absolute Gasteiger partial charge is 0.310 e. The van der Waals surface area contributed by atoms with E-state index < -0.39 is 0 Å². The number of nitrogens with zero attached hydrogens (tertiary/aromatic N) is 2. The maximum Gasteiger partial charge on any atom is 0.0547 e. The Balaban J connectivity index is 1.04. The second-order valence-corrected chi connectivity index (χ2v) is 16.5. The molecule has 2 heteroatoms. The molecule has 0 amide bonds. The smallest absolute Gasteiger partial charge is 0.0547 e. The van der Waals surface area contributed by atoms with Crippen molar-refractivity contribution in [2.45, 2.75) is 0 Å². The minimum atomic E-state index is 1.09. The van der Waals surface area contributed by atoms with Gasteiger partial charge < -0.3 is 9.47 Å². The predicted molar refractivity (Wildman–Crippen MR) is 272 cm³/mol. The fraction of sp³-hybridized carbons (Fsp3) is 0. The van der Waals surface area contributed by atoms with E-state index in [0.29, 0.717) is 0 Å². The Bertz CT molecular complexity index is 3590. The number of anilines is 3. The van der Waals surface area contributed by atoms with Crippen LogP contribution in [0.15, 0.2) is 255 Å². The monoisotopic (exact) mass is 814 g/mol. The first-order valence-electron chi connectivity index (χ1n) is 22.0. The van der Waals surface area contributed by atoms with Gasteiger partial charge in [-0.1, -0.05) is 182 Å². The minimum absolute atomic E-state index is 1.09. The molecule has 0 aliphatic heterocycles. The average molecular weight is 815 g/mol. The molecule has 2 nitrogen and oxygen atoms in total. The highest BCUT2D eigenvalue weighted by atomic mass is 15.1. The van der Waals surface area contributed by atoms with Crippen LogP contribution < -0.4 is 4.90 Å². The van der Waals surface area contributed by atoms with Crippen LogP contribution in [0.5, 0.6) is 0 Å². The van der Waals surface area contributed by atoms with Gasteiger partial charge in [-0.25, -0.2) is 0 Å². The van der Waals surface area contributed by atoms with E-state index in [4.69, 9.17) is 0 Å². The molecule has 12 rings (SSSR count). The van der Waals surface area contributed by atoms with Crippen molar-refractivity contribution in [3.63, 3.8) is 0 Å². The molecule has 0 saturated heterocycles. The molecule has 0 aliphatic rings. The molecule has 0 spiro atoms. The molecule has 0 atom stereocenters. The Hall–Kier alpha value is -8.46. The number of hydrogen-bond donors (Lipinski definition) is 0. The molecular formula is C62H42N2. The normalized spacial score (nSPS) is 11.4. The zero-order valence-corrected chi connectivity index (χ0v) is 35.1. The van der Waals surface area contributed by atoms with Crippen LogP contribution in [0, 0.1) is 0 Å². The Morgan fingerprint density at radius 2 is 0.797 bits per heavy atom. The van der Waals surface area contributed by atoms with Gasteiger partial charge in [0, 0.05) is 33.2 Å². The van der Waals surface area contributed by atoms with Crippen molar-refractivity contribution in [1.82, 2.24) is 4.57 Å². The van der Waals surface area contributed by atoms with Crippen LogP contribution in [0.1, 0.15) is 0 Å². The van der Waals surface area contributed by atoms with Gasteiger partial charge in [0.15, 0.2) is 0 Å². The molecule has 1 heterocycles. The summed E-state index contributed by atoms with van der Waals surface area (Å²) >= 11 is 0. The standard InChI is InChI=1S/C62H42N2/c1-4-18-43(19-5-1)48-38-49(44-20-6-2-7-21-44)40-50(39-48)45-34-36-52(37-35-45)63(61-42-47-22-10-11-27-54(47)56-28-12-13-29-57(56)61)53-26-16-23-46(41-53)55-31-17-33-60-62(55)58-30-14-15-32-59(58)64(60)51-24-8-3-9-25-51/h1-42H. The van der Waals surface area contributed by atoms with Gasteiger partial charge in [0.25, 0.3) is 0 Å². The third kappa shape index (κ3) is 6.52. The Morgan fingerprint density at radius 3 is 1.48 bits per heavy atom. The van der Waals surface area contributed by atoms with Crippen LogP contribution in [0.3, 0.4) is 0 Å². The summed E-state index contributed by atoms with van der Waals surface area (Å²) in [5, 5.41) is 7.38. The molecule has 0 unspecified atom stereocenters. The van der Waals surface area contributed by atoms with E-state index in [0.717, 1.165) is 33.9 Å². The van der Waals surface area contributed by atoms with E-state index in [1.807, 2.05) is 0 Å². The second kappa shape index (κ2) is 15.8. The Kier molecular flexibility index (Phi) is 9.20. The summed E-state index contributed by atoms with van der Waals surface area (Å²) in [4.78, 5) is 2.45. The van der Waals surface area contributed by atoms with Crippen LogP contribution >= 0.6 is 0 Å². The molecule has 0 fully saturated rings. The molecule has 0 radical (unpaired) electrons. The van der Waals surface area contributed by atoms with E-state index in [1.165, 1.54) is 76.7 Å². The molecule has 0 saturated carbocycles. The van der Waals surface area contributed by atoms with Crippen LogP contribution in [0.2, 0.25) is 0 Å². The van der Waals surface area contributed by atoms with E-state index in [1.54, 1.807) is 0 Å². The molecule has 11 aromatic carbocycles. The Morgan fingerprint density at radius 1 is 0.281 bits per heavy atom. The lowest BCUT2D eigenvalue weighted by atomic mass is 9.93. The third-order valence-electron chi connectivity index (χ3n) is 12.7. The minimum Gasteiger partial charge on any atom is -0.310 e. The van der Waals surface area contributed by atoms with Crippen molar-refractivity contribution in [3.05, 3.63) is 255 Å². The van der Waals surface area contributed by atoms with Gasteiger partial charge in [0.1, 0.15) is 0 Å². The zero-order chi connectivity index (χ0) is 42.4. The second-order valence-electron chi connectivity index (χ2n) is 16.5. The summed E-state index contributed by atoms with van der Waals surface area (Å²) in [6, 6.07) is 92.7. The number of fused-ring (bicyclic) bond motifs is 6. The van der Waals surface area contributed by atoms with E-state index in [9.17, 15) is 0 Å². The molecule has 0 bridgehead atoms. The number of benzene rings is 11. The maximum absolute atomic E-state index is 2.45. The fourth-order valence-corrected chi connectivity index (χ4v) is 9.77. The van der Waals surface area contributed by atoms with Crippen molar-refractivity contribution in [3.8, 4) is 50.2 Å². The lowest BCUT2D eigenvalue weighted by molar-refractivity contribution is 1.18. The summed E-state index contributed by atoms with van der Waals surface area (Å²) in [6.07, 6.45) is 0. The molecule has 0 aliphatic carbocycles. The van der Waals surface area contributed by atoms with Crippen LogP contribution in [0.4, 0.5) is 17.1 Å². The highest BCUT2D eigenvalue weighted by Crippen LogP contribution is 2.45. The highest BCUT2D eigenvalue weighted by molar-refractivity contribution is 6.17. The summed E-state index contributed by atoms with van der Waals surface area (Å²) in [5.41, 5.74) is 16.4. The summed E-state index contributed by atoms with van der Waals surface area (Å²) in [6.45, 7) is 0. The van der Waals surface area contributed by atoms with Crippen LogP contribution in [-0.2, 0) is 0 Å². The molecule has 1 aromatic heterocycles. The van der Waals surface area contributed by atoms with Gasteiger partial charge in [-0.15, -0.1) is 0 Å². The first kappa shape index (κ1) is 37.3. The number of hydrogen-bond acceptors (Lipinski definition) is 1. The van der Waals surface area contributed by atoms with Gasteiger partial charge in [0.2, 0.25) is 0 Å². The summed E-state index contributed by atoms with van der Waals surface area (Å²) in [7, 11) is 0. The van der Waals surface area contributed by atoms with Crippen LogP contribution in [0.25, 0.3) is 93.5 Å². The molecule has 12 aromatic rings. The van der Waals surface area contributed by atoms with E-state index in [2.05, 4.69) is 264 Å². The van der Waals surface area contributed by atoms with Gasteiger partial charge in [0.05, 0.1) is 16.7 Å². The van der Waals surface area contributed by atoms with Gasteiger partial charge >= 0.3 is 0 Å². The summed E-state index contributed by atoms with van der Waals surface area (Å²) in [5.74, 6) is 0. The zero-order valence-electron chi connectivity index (χ0n) is 35.1. The predicted octanol–water partition coefficient (Wildman–Crippen LogP) is 17.2. The molecule has 64 heavy (non-hydrogen) atoms. The number of aromatic nitrogens is 1. The van der Waals surface area contributed by atoms with Crippen molar-refractivity contribution >= 4 is 60.4 Å². The number of rotatable bonds is 8. The van der Waals surface area contributed by atoms with Crippen LogP contribution in [-0.4, -0.2) is 4.57 Å². The average Bonchev–Trinajstić information content (AvgIpc) is 3.72. The van der Waals surface area contributed by atoms with E-state index >= 15 is 0 Å². The fourth-order valence-electron chi connectivity index (χ4n) is 9.77. The lowest BCUT2D eigenvalue weighted by Crippen LogP contribution is -2.11. The Labute approximate surface area is 373 Å². The van der Waals surface area contributed by atoms with Crippen molar-refractivity contribution in [2.75, 3.05) is 4.90 Å². The summed E-state index contributed by atoms with van der Waals surface area (Å²) < 4.78 is 2.39. The van der Waals surface area contributed by atoms with E-state index in [-0.39, 0.29) is 0 Å². The lowest BCUT2D eigenvalue weighted by Gasteiger charge is -2.28. The maximum atomic E-state index is 2.45. The van der Waals surface area contributed by atoms with Crippen molar-refractivity contribution in [2.24, 2.45) is 0 Å². The SMILES string of the molecule is c1ccc(-c2cc(-c3ccccc3)cc(-c3ccc(N(c4cccc(-c5cccc6c5c5ccccc5n6-c5ccccc5)c4)c4cc5ccccc5c5ccccc45)cc3)c2)cc1. The topological polar surface area (TPSA) is 8.17 Å². The van der Waals surface area contributed by atoms with Gasteiger partial charge in [-0.2, -0.15) is 0 Å². The van der Waals surface area contributed by atoms with Gasteiger partial charge in [-0.3, -0.25) is 0 Å². The van der Waals surface area contributed by atoms with Crippen molar-refractivity contribution < 1.29 is 0 Å². The molecular weight excluding hydrogens is 773 g/mol. The van der Waals surface area contributed by atoms with Crippen molar-refractivity contribution in [1.29, 1.82) is 0 Å². The van der Waals surface area contributed by atoms with Gasteiger partial charge in [-0.05, 0) is 133 Å². The number of para-hydroxylation sites is 2. The first-order valence-corrected chi connectivity index (χ1v) is 22.0. The highest BCUT2D eigenvalue weighted by Gasteiger charge is 2.21. The third-order valence-corrected chi connectivity index (χ3v) is 12.7. The quantitative estimate of drug-likeness (QED) is 0.139.